The Morgan fingerprint density at radius 1 is 1.17 bits per heavy atom. The van der Waals surface area contributed by atoms with Crippen LogP contribution in [-0.4, -0.2) is 19.6 Å². The largest absolute Gasteiger partial charge is 0.496 e. The van der Waals surface area contributed by atoms with Gasteiger partial charge in [0.05, 0.1) is 7.11 Å². The van der Waals surface area contributed by atoms with Crippen LogP contribution < -0.4 is 15.4 Å². The van der Waals surface area contributed by atoms with Crippen LogP contribution in [0.2, 0.25) is 0 Å². The van der Waals surface area contributed by atoms with E-state index < -0.39 is 0 Å². The highest BCUT2D eigenvalue weighted by atomic mass is 16.5. The number of hydrogen-bond acceptors (Lipinski definition) is 3. The van der Waals surface area contributed by atoms with Crippen molar-refractivity contribution in [3.05, 3.63) is 59.7 Å². The number of amides is 1. The third-order valence-corrected chi connectivity index (χ3v) is 3.95. The number of methoxy groups -OCH3 is 1. The van der Waals surface area contributed by atoms with Crippen LogP contribution >= 0.6 is 0 Å². The van der Waals surface area contributed by atoms with Gasteiger partial charge in [-0.25, -0.2) is 0 Å². The van der Waals surface area contributed by atoms with Gasteiger partial charge < -0.3 is 15.4 Å². The molecule has 2 aromatic rings. The maximum atomic E-state index is 12.4. The van der Waals surface area contributed by atoms with Gasteiger partial charge in [0, 0.05) is 18.7 Å². The summed E-state index contributed by atoms with van der Waals surface area (Å²) in [6.07, 6.45) is 0.414. The number of para-hydroxylation sites is 1. The monoisotopic (exact) mass is 326 g/mol. The molecule has 0 spiro atoms. The van der Waals surface area contributed by atoms with Crippen molar-refractivity contribution in [2.45, 2.75) is 32.7 Å². The SMILES string of the molecule is CCNCc1cccc(NC(=O)CC(C)c2ccccc2OC)c1. The average molecular weight is 326 g/mol. The highest BCUT2D eigenvalue weighted by Crippen LogP contribution is 2.28. The molecule has 2 aromatic carbocycles. The lowest BCUT2D eigenvalue weighted by Crippen LogP contribution is -2.15. The Hall–Kier alpha value is -2.33. The summed E-state index contributed by atoms with van der Waals surface area (Å²) < 4.78 is 5.38. The Balaban J connectivity index is 1.97. The molecule has 24 heavy (non-hydrogen) atoms. The zero-order valence-electron chi connectivity index (χ0n) is 14.6. The van der Waals surface area contributed by atoms with E-state index in [0.29, 0.717) is 6.42 Å². The van der Waals surface area contributed by atoms with Gasteiger partial charge in [-0.05, 0) is 41.8 Å². The smallest absolute Gasteiger partial charge is 0.224 e. The van der Waals surface area contributed by atoms with E-state index in [0.717, 1.165) is 35.7 Å². The van der Waals surface area contributed by atoms with Gasteiger partial charge in [0.2, 0.25) is 5.91 Å². The number of benzene rings is 2. The third kappa shape index (κ3) is 5.10. The van der Waals surface area contributed by atoms with E-state index in [1.54, 1.807) is 7.11 Å². The van der Waals surface area contributed by atoms with E-state index in [2.05, 4.69) is 23.6 Å². The maximum Gasteiger partial charge on any atom is 0.224 e. The lowest BCUT2D eigenvalue weighted by Gasteiger charge is -2.15. The van der Waals surface area contributed by atoms with Gasteiger partial charge in [-0.1, -0.05) is 44.2 Å². The van der Waals surface area contributed by atoms with E-state index in [9.17, 15) is 4.79 Å². The van der Waals surface area contributed by atoms with Crippen molar-refractivity contribution in [1.82, 2.24) is 5.32 Å². The van der Waals surface area contributed by atoms with Crippen molar-refractivity contribution < 1.29 is 9.53 Å². The van der Waals surface area contributed by atoms with E-state index in [1.165, 1.54) is 0 Å². The highest BCUT2D eigenvalue weighted by Gasteiger charge is 2.15. The summed E-state index contributed by atoms with van der Waals surface area (Å²) in [5, 5.41) is 6.27. The van der Waals surface area contributed by atoms with E-state index >= 15 is 0 Å². The van der Waals surface area contributed by atoms with Crippen LogP contribution in [0.5, 0.6) is 5.75 Å². The van der Waals surface area contributed by atoms with Crippen LogP contribution in [0.4, 0.5) is 5.69 Å². The molecule has 0 heterocycles. The van der Waals surface area contributed by atoms with Gasteiger partial charge in [0.15, 0.2) is 0 Å². The van der Waals surface area contributed by atoms with Gasteiger partial charge in [0.1, 0.15) is 5.75 Å². The fraction of sp³-hybridized carbons (Fsp3) is 0.350. The number of nitrogens with one attached hydrogen (secondary N) is 2. The topological polar surface area (TPSA) is 50.4 Å². The predicted molar refractivity (Wildman–Crippen MR) is 98.5 cm³/mol. The minimum Gasteiger partial charge on any atom is -0.496 e. The van der Waals surface area contributed by atoms with Crippen LogP contribution in [0.1, 0.15) is 37.3 Å². The molecule has 0 fully saturated rings. The molecule has 0 radical (unpaired) electrons. The molecule has 4 nitrogen and oxygen atoms in total. The van der Waals surface area contributed by atoms with Gasteiger partial charge >= 0.3 is 0 Å². The van der Waals surface area contributed by atoms with Crippen LogP contribution in [0.3, 0.4) is 0 Å². The minimum atomic E-state index is 0.00834. The second kappa shape index (κ2) is 9.08. The van der Waals surface area contributed by atoms with Crippen molar-refractivity contribution in [3.63, 3.8) is 0 Å². The van der Waals surface area contributed by atoms with Crippen LogP contribution in [0.15, 0.2) is 48.5 Å². The number of carbonyl (C=O) groups excluding carboxylic acids is 1. The normalized spacial score (nSPS) is 11.8. The van der Waals surface area contributed by atoms with Crippen LogP contribution in [-0.2, 0) is 11.3 Å². The van der Waals surface area contributed by atoms with E-state index in [1.807, 2.05) is 49.4 Å². The molecule has 0 bridgehead atoms. The lowest BCUT2D eigenvalue weighted by atomic mass is 9.96. The molecule has 0 aromatic heterocycles. The van der Waals surface area contributed by atoms with Crippen molar-refractivity contribution in [1.29, 1.82) is 0 Å². The summed E-state index contributed by atoms with van der Waals surface area (Å²) in [6.45, 7) is 5.84. The van der Waals surface area contributed by atoms with Gasteiger partial charge in [-0.2, -0.15) is 0 Å². The minimum absolute atomic E-state index is 0.00834. The Morgan fingerprint density at radius 3 is 2.71 bits per heavy atom. The first-order valence-corrected chi connectivity index (χ1v) is 8.36. The van der Waals surface area contributed by atoms with E-state index in [-0.39, 0.29) is 11.8 Å². The predicted octanol–water partition coefficient (Wildman–Crippen LogP) is 3.94. The first-order chi connectivity index (χ1) is 11.6. The van der Waals surface area contributed by atoms with Crippen molar-refractivity contribution in [2.75, 3.05) is 19.0 Å². The number of carbonyl (C=O) groups is 1. The number of ether oxygens (including phenoxy) is 1. The first-order valence-electron chi connectivity index (χ1n) is 8.36. The molecule has 0 saturated carbocycles. The second-order valence-electron chi connectivity index (χ2n) is 5.88. The zero-order valence-corrected chi connectivity index (χ0v) is 14.6. The highest BCUT2D eigenvalue weighted by molar-refractivity contribution is 5.91. The van der Waals surface area contributed by atoms with Crippen molar-refractivity contribution in [2.24, 2.45) is 0 Å². The number of hydrogen-bond donors (Lipinski definition) is 2. The van der Waals surface area contributed by atoms with E-state index in [4.69, 9.17) is 4.74 Å². The molecule has 128 valence electrons. The molecule has 4 heteroatoms. The summed E-state index contributed by atoms with van der Waals surface area (Å²) >= 11 is 0. The van der Waals surface area contributed by atoms with Gasteiger partial charge in [-0.15, -0.1) is 0 Å². The van der Waals surface area contributed by atoms with Crippen molar-refractivity contribution >= 4 is 11.6 Å². The molecule has 0 aliphatic carbocycles. The summed E-state index contributed by atoms with van der Waals surface area (Å²) in [5.74, 6) is 0.922. The van der Waals surface area contributed by atoms with Gasteiger partial charge in [0.25, 0.3) is 0 Å². The molecule has 0 saturated heterocycles. The average Bonchev–Trinajstić information content (AvgIpc) is 2.60. The maximum absolute atomic E-state index is 12.4. The van der Waals surface area contributed by atoms with Gasteiger partial charge in [-0.3, -0.25) is 4.79 Å². The summed E-state index contributed by atoms with van der Waals surface area (Å²) in [5.41, 5.74) is 3.05. The third-order valence-electron chi connectivity index (χ3n) is 3.95. The molecule has 1 amide bonds. The molecule has 1 atom stereocenters. The Morgan fingerprint density at radius 2 is 1.96 bits per heavy atom. The fourth-order valence-electron chi connectivity index (χ4n) is 2.70. The second-order valence-corrected chi connectivity index (χ2v) is 5.88. The molecule has 0 aliphatic heterocycles. The Labute approximate surface area is 144 Å². The summed E-state index contributed by atoms with van der Waals surface area (Å²) in [4.78, 5) is 12.4. The molecular weight excluding hydrogens is 300 g/mol. The van der Waals surface area contributed by atoms with Crippen molar-refractivity contribution in [3.8, 4) is 5.75 Å². The lowest BCUT2D eigenvalue weighted by molar-refractivity contribution is -0.116. The first kappa shape index (κ1) is 18.0. The van der Waals surface area contributed by atoms with Crippen LogP contribution in [0.25, 0.3) is 0 Å². The zero-order chi connectivity index (χ0) is 17.4. The Kier molecular flexibility index (Phi) is 6.82. The number of rotatable bonds is 8. The number of anilines is 1. The summed E-state index contributed by atoms with van der Waals surface area (Å²) in [6, 6.07) is 15.8. The quantitative estimate of drug-likeness (QED) is 0.772. The molecule has 2 rings (SSSR count). The van der Waals surface area contributed by atoms with Crippen LogP contribution in [0, 0.1) is 0 Å². The molecule has 1 unspecified atom stereocenters. The molecule has 0 aliphatic rings. The molecular formula is C20H26N2O2. The Bertz CT molecular complexity index is 670. The molecule has 2 N–H and O–H groups in total. The standard InChI is InChI=1S/C20H26N2O2/c1-4-21-14-16-8-7-9-17(13-16)22-20(23)12-15(2)18-10-5-6-11-19(18)24-3/h5-11,13,15,21H,4,12,14H2,1-3H3,(H,22,23). The summed E-state index contributed by atoms with van der Waals surface area (Å²) in [7, 11) is 1.65. The fourth-order valence-corrected chi connectivity index (χ4v) is 2.70.